The Morgan fingerprint density at radius 2 is 1.73 bits per heavy atom. The van der Waals surface area contributed by atoms with Crippen molar-refractivity contribution in [2.75, 3.05) is 26.2 Å². The van der Waals surface area contributed by atoms with E-state index in [4.69, 9.17) is 4.74 Å². The lowest BCUT2D eigenvalue weighted by Gasteiger charge is -2.15. The Morgan fingerprint density at radius 1 is 1.04 bits per heavy atom. The smallest absolute Gasteiger partial charge is 0.305 e. The molecule has 3 nitrogen and oxygen atoms in total. The first kappa shape index (κ1) is 23.5. The van der Waals surface area contributed by atoms with Gasteiger partial charge in [0.25, 0.3) is 0 Å². The first-order valence-corrected chi connectivity index (χ1v) is 11.3. The topological polar surface area (TPSA) is 29.5 Å². The summed E-state index contributed by atoms with van der Waals surface area (Å²) >= 11 is 0. The van der Waals surface area contributed by atoms with Gasteiger partial charge < -0.3 is 9.64 Å². The number of carbonyl (C=O) groups is 1. The summed E-state index contributed by atoms with van der Waals surface area (Å²) in [6.07, 6.45) is 14.2. The van der Waals surface area contributed by atoms with E-state index in [1.165, 1.54) is 71.0 Å². The zero-order chi connectivity index (χ0) is 19.0. The molecule has 4 heteroatoms. The average molecular weight is 364 g/mol. The molecule has 1 saturated heterocycles. The predicted molar refractivity (Wildman–Crippen MR) is 113 cm³/mol. The van der Waals surface area contributed by atoms with Crippen LogP contribution in [0, 0.1) is 5.92 Å². The Hall–Kier alpha value is -0.505. The summed E-state index contributed by atoms with van der Waals surface area (Å²) < 4.78 is 5.36. The normalized spacial score (nSPS) is 17.8. The molecule has 1 fully saturated rings. The molecule has 1 rings (SSSR count). The van der Waals surface area contributed by atoms with Crippen LogP contribution in [0.1, 0.15) is 90.9 Å². The van der Waals surface area contributed by atoms with Crippen molar-refractivity contribution in [1.82, 2.24) is 4.90 Å². The van der Waals surface area contributed by atoms with Crippen LogP contribution < -0.4 is 0 Å². The Morgan fingerprint density at radius 3 is 2.42 bits per heavy atom. The molecule has 1 unspecified atom stereocenters. The molecule has 1 aliphatic heterocycles. The lowest BCUT2D eigenvalue weighted by molar-refractivity contribution is -0.143. The van der Waals surface area contributed by atoms with E-state index in [0.29, 0.717) is 13.0 Å². The fraction of sp³-hybridized carbons (Fsp3) is 0.955. The number of unbranched alkanes of at least 4 members (excludes halogenated alkanes) is 7. The monoisotopic (exact) mass is 364 g/mol. The maximum Gasteiger partial charge on any atom is 0.305 e. The SMILES string of the molecule is C[B]C1CCN(CCCCCC(=O)OCCCCCCCCC(C)C)C1. The number of hydrogen-bond donors (Lipinski definition) is 0. The maximum atomic E-state index is 11.7. The average Bonchev–Trinajstić information content (AvgIpc) is 3.07. The van der Waals surface area contributed by atoms with Gasteiger partial charge >= 0.3 is 5.97 Å². The standard InChI is InChI=1S/C22H43BNO2/c1-20(2)13-9-6-4-5-7-12-18-26-22(25)14-10-8-11-16-24-17-15-21(19-24)23-3/h20-21H,4-19H2,1-3H3. The number of hydrogen-bond acceptors (Lipinski definition) is 3. The van der Waals surface area contributed by atoms with Crippen LogP contribution in [0.4, 0.5) is 0 Å². The molecule has 1 atom stereocenters. The van der Waals surface area contributed by atoms with Crippen LogP contribution in [-0.4, -0.2) is 44.4 Å². The van der Waals surface area contributed by atoms with Crippen LogP contribution in [0.2, 0.25) is 12.6 Å². The van der Waals surface area contributed by atoms with Gasteiger partial charge in [-0.05, 0) is 51.2 Å². The van der Waals surface area contributed by atoms with E-state index in [-0.39, 0.29) is 5.97 Å². The van der Waals surface area contributed by atoms with E-state index in [1.54, 1.807) is 0 Å². The minimum Gasteiger partial charge on any atom is -0.466 e. The van der Waals surface area contributed by atoms with Gasteiger partial charge in [0.15, 0.2) is 0 Å². The Bertz CT molecular complexity index is 349. The fourth-order valence-electron chi connectivity index (χ4n) is 3.74. The summed E-state index contributed by atoms with van der Waals surface area (Å²) in [5, 5.41) is 0. The fourth-order valence-corrected chi connectivity index (χ4v) is 3.74. The second kappa shape index (κ2) is 15.5. The van der Waals surface area contributed by atoms with Crippen LogP contribution in [-0.2, 0) is 9.53 Å². The number of esters is 1. The Labute approximate surface area is 163 Å². The predicted octanol–water partition coefficient (Wildman–Crippen LogP) is 5.72. The first-order valence-electron chi connectivity index (χ1n) is 11.3. The summed E-state index contributed by atoms with van der Waals surface area (Å²) in [5.74, 6) is 1.63. The Kier molecular flexibility index (Phi) is 14.1. The molecule has 0 saturated carbocycles. The highest BCUT2D eigenvalue weighted by molar-refractivity contribution is 6.35. The van der Waals surface area contributed by atoms with E-state index < -0.39 is 0 Å². The van der Waals surface area contributed by atoms with Gasteiger partial charge in [-0.15, -0.1) is 0 Å². The van der Waals surface area contributed by atoms with Crippen molar-refractivity contribution >= 4 is 13.2 Å². The van der Waals surface area contributed by atoms with Gasteiger partial charge in [-0.2, -0.15) is 0 Å². The second-order valence-electron chi connectivity index (χ2n) is 8.52. The van der Waals surface area contributed by atoms with Crippen LogP contribution in [0.3, 0.4) is 0 Å². The van der Waals surface area contributed by atoms with Crippen LogP contribution in [0.5, 0.6) is 0 Å². The molecule has 1 aliphatic rings. The van der Waals surface area contributed by atoms with Gasteiger partial charge in [0.05, 0.1) is 6.61 Å². The summed E-state index contributed by atoms with van der Waals surface area (Å²) in [6.45, 7) is 11.0. The summed E-state index contributed by atoms with van der Waals surface area (Å²) in [6, 6.07) is 0. The summed E-state index contributed by atoms with van der Waals surface area (Å²) in [4.78, 5) is 14.3. The molecule has 0 spiro atoms. The molecular weight excluding hydrogens is 321 g/mol. The number of ether oxygens (including phenoxy) is 1. The molecule has 151 valence electrons. The van der Waals surface area contributed by atoms with Gasteiger partial charge in [0.2, 0.25) is 0 Å². The molecule has 0 aromatic heterocycles. The van der Waals surface area contributed by atoms with Crippen molar-refractivity contribution in [2.24, 2.45) is 5.92 Å². The van der Waals surface area contributed by atoms with E-state index >= 15 is 0 Å². The highest BCUT2D eigenvalue weighted by Gasteiger charge is 2.20. The molecule has 0 aromatic rings. The minimum absolute atomic E-state index is 0.00347. The van der Waals surface area contributed by atoms with E-state index in [0.717, 1.165) is 31.0 Å². The second-order valence-corrected chi connectivity index (χ2v) is 8.52. The molecule has 0 aromatic carbocycles. The van der Waals surface area contributed by atoms with Gasteiger partial charge in [0, 0.05) is 6.42 Å². The Balaban J connectivity index is 1.80. The number of rotatable bonds is 16. The van der Waals surface area contributed by atoms with Crippen molar-refractivity contribution in [1.29, 1.82) is 0 Å². The molecule has 26 heavy (non-hydrogen) atoms. The molecule has 0 N–H and O–H groups in total. The highest BCUT2D eigenvalue weighted by atomic mass is 16.5. The minimum atomic E-state index is 0.00347. The third kappa shape index (κ3) is 12.8. The van der Waals surface area contributed by atoms with Crippen LogP contribution in [0.15, 0.2) is 0 Å². The van der Waals surface area contributed by atoms with Crippen molar-refractivity contribution in [2.45, 2.75) is 104 Å². The summed E-state index contributed by atoms with van der Waals surface area (Å²) in [7, 11) is 2.34. The molecule has 0 bridgehead atoms. The molecular formula is C22H43BNO2. The first-order chi connectivity index (χ1) is 12.6. The van der Waals surface area contributed by atoms with E-state index in [9.17, 15) is 4.79 Å². The van der Waals surface area contributed by atoms with E-state index in [2.05, 4.69) is 32.8 Å². The highest BCUT2D eigenvalue weighted by Crippen LogP contribution is 2.20. The van der Waals surface area contributed by atoms with Crippen molar-refractivity contribution in [3.05, 3.63) is 0 Å². The van der Waals surface area contributed by atoms with Gasteiger partial charge in [0.1, 0.15) is 7.28 Å². The third-order valence-electron chi connectivity index (χ3n) is 5.57. The molecule has 0 amide bonds. The lowest BCUT2D eigenvalue weighted by atomic mass is 9.66. The van der Waals surface area contributed by atoms with Gasteiger partial charge in [-0.1, -0.05) is 71.4 Å². The van der Waals surface area contributed by atoms with Crippen LogP contribution in [0.25, 0.3) is 0 Å². The van der Waals surface area contributed by atoms with Crippen molar-refractivity contribution in [3.8, 4) is 0 Å². The van der Waals surface area contributed by atoms with Crippen molar-refractivity contribution < 1.29 is 9.53 Å². The molecule has 1 radical (unpaired) electrons. The van der Waals surface area contributed by atoms with Crippen molar-refractivity contribution in [3.63, 3.8) is 0 Å². The zero-order valence-electron chi connectivity index (χ0n) is 17.8. The maximum absolute atomic E-state index is 11.7. The van der Waals surface area contributed by atoms with Gasteiger partial charge in [-0.25, -0.2) is 0 Å². The zero-order valence-corrected chi connectivity index (χ0v) is 17.8. The summed E-state index contributed by atoms with van der Waals surface area (Å²) in [5.41, 5.74) is 0. The molecule has 0 aliphatic carbocycles. The van der Waals surface area contributed by atoms with E-state index in [1.807, 2.05) is 0 Å². The van der Waals surface area contributed by atoms with Gasteiger partial charge in [-0.3, -0.25) is 4.79 Å². The number of nitrogens with zero attached hydrogens (tertiary/aromatic N) is 1. The van der Waals surface area contributed by atoms with Crippen LogP contribution >= 0.6 is 0 Å². The largest absolute Gasteiger partial charge is 0.466 e. The quantitative estimate of drug-likeness (QED) is 0.199. The number of carbonyl (C=O) groups excluding carboxylic acids is 1. The third-order valence-corrected chi connectivity index (χ3v) is 5.57. The molecule has 1 heterocycles. The number of likely N-dealkylation sites (tertiary alicyclic amines) is 1. The lowest BCUT2D eigenvalue weighted by Crippen LogP contribution is -2.21.